The van der Waals surface area contributed by atoms with Crippen LogP contribution in [0.3, 0.4) is 0 Å². The number of carbonyl (C=O) groups excluding carboxylic acids is 1. The normalized spacial score (nSPS) is 18.4. The average molecular weight is 499 g/mol. The molecule has 0 saturated carbocycles. The molecule has 0 bridgehead atoms. The predicted molar refractivity (Wildman–Crippen MR) is 150 cm³/mol. The molecule has 2 aliphatic rings. The molecule has 1 N–H and O–H groups in total. The van der Waals surface area contributed by atoms with Gasteiger partial charge >= 0.3 is 0 Å². The number of β-amino-alcohol motifs (C(OH)–C–C–N with tert-alkyl or cyclic N) is 1. The van der Waals surface area contributed by atoms with Gasteiger partial charge < -0.3 is 19.6 Å². The number of hydrogen-bond acceptors (Lipinski definition) is 4. The van der Waals surface area contributed by atoms with Gasteiger partial charge in [-0.2, -0.15) is 0 Å². The van der Waals surface area contributed by atoms with Crippen molar-refractivity contribution in [1.29, 1.82) is 0 Å². The minimum absolute atomic E-state index is 0.0571. The minimum Gasteiger partial charge on any atom is -0.490 e. The van der Waals surface area contributed by atoms with Crippen molar-refractivity contribution in [2.24, 2.45) is 0 Å². The van der Waals surface area contributed by atoms with Crippen LogP contribution in [-0.2, 0) is 4.79 Å². The lowest BCUT2D eigenvalue weighted by molar-refractivity contribution is -0.126. The van der Waals surface area contributed by atoms with Gasteiger partial charge in [0.25, 0.3) is 0 Å². The summed E-state index contributed by atoms with van der Waals surface area (Å²) in [5, 5.41) is 13.3. The van der Waals surface area contributed by atoms with E-state index in [-0.39, 0.29) is 12.5 Å². The molecule has 3 aromatic carbocycles. The minimum atomic E-state index is -0.566. The first-order chi connectivity index (χ1) is 18.2. The second-order valence-corrected chi connectivity index (χ2v) is 10.4. The van der Waals surface area contributed by atoms with E-state index in [1.54, 1.807) is 6.08 Å². The molecule has 37 heavy (non-hydrogen) atoms. The number of piperidine rings is 2. The lowest BCUT2D eigenvalue weighted by Gasteiger charge is -2.33. The van der Waals surface area contributed by atoms with Crippen LogP contribution >= 0.6 is 0 Å². The number of nitrogens with zero attached hydrogens (tertiary/aromatic N) is 2. The van der Waals surface area contributed by atoms with Crippen molar-refractivity contribution in [3.8, 4) is 5.75 Å². The van der Waals surface area contributed by atoms with Gasteiger partial charge in [0.05, 0.1) is 0 Å². The van der Waals surface area contributed by atoms with Crippen LogP contribution in [0.4, 0.5) is 0 Å². The summed E-state index contributed by atoms with van der Waals surface area (Å²) in [6.07, 6.45) is 8.48. The number of amides is 1. The van der Waals surface area contributed by atoms with E-state index in [1.165, 1.54) is 22.8 Å². The number of aliphatic hydroxyl groups is 1. The first-order valence-corrected chi connectivity index (χ1v) is 13.7. The van der Waals surface area contributed by atoms with Gasteiger partial charge in [-0.1, -0.05) is 60.7 Å². The van der Waals surface area contributed by atoms with E-state index in [0.29, 0.717) is 18.2 Å². The third kappa shape index (κ3) is 6.79. The number of rotatable bonds is 8. The van der Waals surface area contributed by atoms with Crippen molar-refractivity contribution in [1.82, 2.24) is 9.80 Å². The summed E-state index contributed by atoms with van der Waals surface area (Å²) in [5.41, 5.74) is 2.28. The van der Waals surface area contributed by atoms with E-state index >= 15 is 0 Å². The summed E-state index contributed by atoms with van der Waals surface area (Å²) < 4.78 is 6.00. The number of carbonyl (C=O) groups is 1. The highest BCUT2D eigenvalue weighted by molar-refractivity contribution is 5.92. The van der Waals surface area contributed by atoms with E-state index in [2.05, 4.69) is 47.4 Å². The highest BCUT2D eigenvalue weighted by atomic mass is 16.5. The maximum absolute atomic E-state index is 12.5. The van der Waals surface area contributed by atoms with Crippen LogP contribution in [0.1, 0.15) is 49.1 Å². The number of likely N-dealkylation sites (tertiary alicyclic amines) is 2. The molecule has 3 aromatic rings. The van der Waals surface area contributed by atoms with Gasteiger partial charge in [0, 0.05) is 31.3 Å². The number of aliphatic hydroxyl groups excluding tert-OH is 1. The highest BCUT2D eigenvalue weighted by Gasteiger charge is 2.23. The molecule has 5 rings (SSSR count). The molecule has 1 unspecified atom stereocenters. The van der Waals surface area contributed by atoms with Crippen LogP contribution in [0.5, 0.6) is 5.75 Å². The van der Waals surface area contributed by atoms with Crippen molar-refractivity contribution in [3.63, 3.8) is 0 Å². The monoisotopic (exact) mass is 498 g/mol. The van der Waals surface area contributed by atoms with Crippen LogP contribution in [0.15, 0.2) is 72.8 Å². The third-order valence-corrected chi connectivity index (χ3v) is 7.72. The zero-order valence-corrected chi connectivity index (χ0v) is 21.6. The van der Waals surface area contributed by atoms with Gasteiger partial charge in [0.15, 0.2) is 0 Å². The fourth-order valence-corrected chi connectivity index (χ4v) is 5.58. The van der Waals surface area contributed by atoms with Gasteiger partial charge in [-0.3, -0.25) is 4.79 Å². The van der Waals surface area contributed by atoms with Crippen LogP contribution in [0.2, 0.25) is 0 Å². The molecule has 5 nitrogen and oxygen atoms in total. The Morgan fingerprint density at radius 3 is 2.46 bits per heavy atom. The molecule has 0 aromatic heterocycles. The first-order valence-electron chi connectivity index (χ1n) is 13.7. The Labute approximate surface area is 220 Å². The molecule has 0 aliphatic carbocycles. The number of ether oxygens (including phenoxy) is 1. The molecular formula is C32H38N2O3. The Kier molecular flexibility index (Phi) is 8.54. The smallest absolute Gasteiger partial charge is 0.246 e. The Balaban J connectivity index is 1.09. The molecule has 1 atom stereocenters. The summed E-state index contributed by atoms with van der Waals surface area (Å²) in [6.45, 7) is 4.48. The Morgan fingerprint density at radius 1 is 0.919 bits per heavy atom. The van der Waals surface area contributed by atoms with Crippen molar-refractivity contribution in [3.05, 3.63) is 83.9 Å². The van der Waals surface area contributed by atoms with Crippen molar-refractivity contribution < 1.29 is 14.6 Å². The standard InChI is InChI=1S/C32H38N2O3/c35-30(23-33-20-16-26(17-21-33)29-13-12-25-8-2-3-10-28(25)22-29)24-37-31-11-5-4-9-27(31)14-15-32(36)34-18-6-1-7-19-34/h2-5,8-15,22,26,30,35H,1,6-7,16-21,23-24H2. The molecule has 0 radical (unpaired) electrons. The molecule has 2 heterocycles. The van der Waals surface area contributed by atoms with E-state index in [0.717, 1.165) is 57.4 Å². The van der Waals surface area contributed by atoms with E-state index < -0.39 is 6.10 Å². The summed E-state index contributed by atoms with van der Waals surface area (Å²) in [7, 11) is 0. The zero-order chi connectivity index (χ0) is 25.5. The molecule has 1 amide bonds. The fourth-order valence-electron chi connectivity index (χ4n) is 5.58. The van der Waals surface area contributed by atoms with Crippen molar-refractivity contribution >= 4 is 22.8 Å². The lowest BCUT2D eigenvalue weighted by atomic mass is 9.88. The molecule has 0 spiro atoms. The largest absolute Gasteiger partial charge is 0.490 e. The van der Waals surface area contributed by atoms with Gasteiger partial charge in [0.2, 0.25) is 5.91 Å². The number of benzene rings is 3. The second-order valence-electron chi connectivity index (χ2n) is 10.4. The summed E-state index contributed by atoms with van der Waals surface area (Å²) >= 11 is 0. The summed E-state index contributed by atoms with van der Waals surface area (Å²) in [4.78, 5) is 16.7. The molecular weight excluding hydrogens is 460 g/mol. The number of fused-ring (bicyclic) bond motifs is 1. The van der Waals surface area contributed by atoms with Gasteiger partial charge in [-0.15, -0.1) is 0 Å². The highest BCUT2D eigenvalue weighted by Crippen LogP contribution is 2.30. The van der Waals surface area contributed by atoms with Gasteiger partial charge in [-0.25, -0.2) is 0 Å². The number of hydrogen-bond donors (Lipinski definition) is 1. The quantitative estimate of drug-likeness (QED) is 0.418. The van der Waals surface area contributed by atoms with E-state index in [9.17, 15) is 9.90 Å². The Bertz CT molecular complexity index is 1210. The molecule has 2 aliphatic heterocycles. The molecule has 5 heteroatoms. The lowest BCUT2D eigenvalue weighted by Crippen LogP contribution is -2.40. The molecule has 194 valence electrons. The Morgan fingerprint density at radius 2 is 1.65 bits per heavy atom. The zero-order valence-electron chi connectivity index (χ0n) is 21.6. The topological polar surface area (TPSA) is 53.0 Å². The summed E-state index contributed by atoms with van der Waals surface area (Å²) in [6, 6.07) is 23.1. The average Bonchev–Trinajstić information content (AvgIpc) is 2.96. The maximum atomic E-state index is 12.5. The van der Waals surface area contributed by atoms with Crippen LogP contribution in [-0.4, -0.2) is 66.2 Å². The van der Waals surface area contributed by atoms with Crippen LogP contribution in [0, 0.1) is 0 Å². The fraction of sp³-hybridized carbons (Fsp3) is 0.406. The van der Waals surface area contributed by atoms with Crippen LogP contribution < -0.4 is 4.74 Å². The second kappa shape index (κ2) is 12.4. The Hall–Kier alpha value is -3.15. The van der Waals surface area contributed by atoms with Crippen LogP contribution in [0.25, 0.3) is 16.8 Å². The maximum Gasteiger partial charge on any atom is 0.246 e. The van der Waals surface area contributed by atoms with E-state index in [1.807, 2.05) is 35.2 Å². The molecule has 2 saturated heterocycles. The SMILES string of the molecule is O=C(C=Cc1ccccc1OCC(O)CN1CCC(c2ccc3ccccc3c2)CC1)N1CCCCC1. The van der Waals surface area contributed by atoms with E-state index in [4.69, 9.17) is 4.74 Å². The van der Waals surface area contributed by atoms with Gasteiger partial charge in [-0.05, 0) is 79.6 Å². The first kappa shape index (κ1) is 25.5. The van der Waals surface area contributed by atoms with Gasteiger partial charge in [0.1, 0.15) is 18.5 Å². The third-order valence-electron chi connectivity index (χ3n) is 7.72. The van der Waals surface area contributed by atoms with Crippen molar-refractivity contribution in [2.75, 3.05) is 39.3 Å². The summed E-state index contributed by atoms with van der Waals surface area (Å²) in [5.74, 6) is 1.32. The predicted octanol–water partition coefficient (Wildman–Crippen LogP) is 5.48. The molecule has 2 fully saturated rings. The van der Waals surface area contributed by atoms with Crippen molar-refractivity contribution in [2.45, 2.75) is 44.1 Å². The number of para-hydroxylation sites is 1.